The van der Waals surface area contributed by atoms with Crippen LogP contribution in [0, 0.1) is 10.1 Å². The zero-order valence-corrected chi connectivity index (χ0v) is 11.8. The quantitative estimate of drug-likeness (QED) is 0.499. The number of non-ortho nitro benzene ring substituents is 1. The molecule has 2 aromatic rings. The predicted molar refractivity (Wildman–Crippen MR) is 78.0 cm³/mol. The van der Waals surface area contributed by atoms with Gasteiger partial charge in [0.25, 0.3) is 5.69 Å². The average Bonchev–Trinajstić information content (AvgIpc) is 2.46. The first-order valence-electron chi connectivity index (χ1n) is 6.17. The van der Waals surface area contributed by atoms with E-state index in [-0.39, 0.29) is 5.69 Å². The molecule has 0 radical (unpaired) electrons. The topological polar surface area (TPSA) is 81.0 Å². The van der Waals surface area contributed by atoms with Gasteiger partial charge in [-0.1, -0.05) is 18.7 Å². The second-order valence-corrected chi connectivity index (χ2v) is 5.12. The second-order valence-electron chi connectivity index (χ2n) is 4.02. The van der Waals surface area contributed by atoms with Gasteiger partial charge in [0.05, 0.1) is 4.92 Å². The summed E-state index contributed by atoms with van der Waals surface area (Å²) in [6.45, 7) is 2.94. The molecule has 1 N–H and O–H groups in total. The molecule has 0 bridgehead atoms. The van der Waals surface area contributed by atoms with Crippen molar-refractivity contribution >= 4 is 23.3 Å². The van der Waals surface area contributed by atoms with Gasteiger partial charge in [-0.15, -0.1) is 0 Å². The molecule has 6 nitrogen and oxygen atoms in total. The summed E-state index contributed by atoms with van der Waals surface area (Å²) in [6.07, 6.45) is 2.53. The molecule has 1 aromatic heterocycles. The van der Waals surface area contributed by atoms with Crippen LogP contribution in [0.1, 0.15) is 13.3 Å². The molecule has 1 heterocycles. The highest BCUT2D eigenvalue weighted by molar-refractivity contribution is 7.99. The van der Waals surface area contributed by atoms with E-state index in [4.69, 9.17) is 0 Å². The van der Waals surface area contributed by atoms with E-state index in [1.165, 1.54) is 30.2 Å². The Bertz CT molecular complexity index is 589. The number of benzene rings is 1. The van der Waals surface area contributed by atoms with Crippen LogP contribution >= 0.6 is 11.8 Å². The Morgan fingerprint density at radius 1 is 1.30 bits per heavy atom. The fourth-order valence-corrected chi connectivity index (χ4v) is 2.29. The summed E-state index contributed by atoms with van der Waals surface area (Å²) in [6, 6.07) is 8.26. The van der Waals surface area contributed by atoms with Crippen LogP contribution in [0.5, 0.6) is 0 Å². The normalized spacial score (nSPS) is 10.2. The first kappa shape index (κ1) is 14.3. The first-order valence-corrected chi connectivity index (χ1v) is 6.99. The Morgan fingerprint density at radius 2 is 2.05 bits per heavy atom. The Balaban J connectivity index is 2.07. The van der Waals surface area contributed by atoms with Crippen LogP contribution in [0.4, 0.5) is 11.5 Å². The van der Waals surface area contributed by atoms with Crippen LogP contribution in [0.3, 0.4) is 0 Å². The van der Waals surface area contributed by atoms with Crippen molar-refractivity contribution < 1.29 is 4.92 Å². The van der Waals surface area contributed by atoms with Gasteiger partial charge in [0.1, 0.15) is 17.2 Å². The molecular formula is C13H14N4O2S. The van der Waals surface area contributed by atoms with Gasteiger partial charge in [0.15, 0.2) is 0 Å². The second kappa shape index (κ2) is 6.85. The minimum absolute atomic E-state index is 0.0855. The Hall–Kier alpha value is -2.15. The van der Waals surface area contributed by atoms with E-state index in [0.717, 1.165) is 28.7 Å². The number of hydrogen-bond donors (Lipinski definition) is 1. The number of anilines is 1. The molecule has 0 aliphatic carbocycles. The van der Waals surface area contributed by atoms with Gasteiger partial charge < -0.3 is 5.32 Å². The van der Waals surface area contributed by atoms with Crippen molar-refractivity contribution in [2.75, 3.05) is 11.9 Å². The smallest absolute Gasteiger partial charge is 0.269 e. The molecule has 104 valence electrons. The summed E-state index contributed by atoms with van der Waals surface area (Å²) >= 11 is 1.44. The van der Waals surface area contributed by atoms with Gasteiger partial charge in [0.2, 0.25) is 0 Å². The number of hydrogen-bond acceptors (Lipinski definition) is 6. The third-order valence-electron chi connectivity index (χ3n) is 2.47. The van der Waals surface area contributed by atoms with Gasteiger partial charge in [-0.2, -0.15) is 0 Å². The number of rotatable bonds is 6. The summed E-state index contributed by atoms with van der Waals surface area (Å²) in [5.74, 6) is 0.784. The van der Waals surface area contributed by atoms with Gasteiger partial charge in [-0.05, 0) is 18.6 Å². The Morgan fingerprint density at radius 3 is 2.70 bits per heavy atom. The van der Waals surface area contributed by atoms with Gasteiger partial charge in [0, 0.05) is 29.6 Å². The zero-order valence-electron chi connectivity index (χ0n) is 10.9. The summed E-state index contributed by atoms with van der Waals surface area (Å²) in [5.41, 5.74) is 0.0855. The van der Waals surface area contributed by atoms with E-state index in [2.05, 4.69) is 22.2 Å². The van der Waals surface area contributed by atoms with E-state index < -0.39 is 4.92 Å². The molecule has 1 aromatic carbocycles. The SMILES string of the molecule is CCCNc1cc(Sc2ccc([N+](=O)[O-])cc2)ncn1. The highest BCUT2D eigenvalue weighted by Gasteiger charge is 2.06. The number of nitro groups is 1. The number of nitrogens with one attached hydrogen (secondary N) is 1. The van der Waals surface area contributed by atoms with Crippen molar-refractivity contribution in [3.63, 3.8) is 0 Å². The molecule has 7 heteroatoms. The van der Waals surface area contributed by atoms with E-state index in [1.54, 1.807) is 12.1 Å². The van der Waals surface area contributed by atoms with Crippen LogP contribution < -0.4 is 5.32 Å². The monoisotopic (exact) mass is 290 g/mol. The highest BCUT2D eigenvalue weighted by Crippen LogP contribution is 2.28. The van der Waals surface area contributed by atoms with Crippen molar-refractivity contribution in [1.82, 2.24) is 9.97 Å². The molecule has 0 saturated carbocycles. The summed E-state index contributed by atoms with van der Waals surface area (Å²) in [5, 5.41) is 14.6. The largest absolute Gasteiger partial charge is 0.370 e. The lowest BCUT2D eigenvalue weighted by atomic mass is 10.3. The van der Waals surface area contributed by atoms with Gasteiger partial charge in [-0.3, -0.25) is 10.1 Å². The molecule has 0 amide bonds. The molecule has 0 aliphatic rings. The maximum absolute atomic E-state index is 10.6. The molecule has 2 rings (SSSR count). The van der Waals surface area contributed by atoms with Crippen molar-refractivity contribution in [3.05, 3.63) is 46.8 Å². The average molecular weight is 290 g/mol. The molecule has 0 unspecified atom stereocenters. The van der Waals surface area contributed by atoms with E-state index >= 15 is 0 Å². The van der Waals surface area contributed by atoms with Crippen molar-refractivity contribution in [1.29, 1.82) is 0 Å². The van der Waals surface area contributed by atoms with Crippen molar-refractivity contribution in [2.24, 2.45) is 0 Å². The highest BCUT2D eigenvalue weighted by atomic mass is 32.2. The van der Waals surface area contributed by atoms with E-state index in [9.17, 15) is 10.1 Å². The Kier molecular flexibility index (Phi) is 4.89. The lowest BCUT2D eigenvalue weighted by Gasteiger charge is -2.05. The third kappa shape index (κ3) is 3.92. The molecule has 0 fully saturated rings. The fourth-order valence-electron chi connectivity index (χ4n) is 1.50. The minimum Gasteiger partial charge on any atom is -0.370 e. The summed E-state index contributed by atoms with van der Waals surface area (Å²) in [7, 11) is 0. The molecular weight excluding hydrogens is 276 g/mol. The minimum atomic E-state index is -0.411. The van der Waals surface area contributed by atoms with Crippen LogP contribution in [-0.2, 0) is 0 Å². The zero-order chi connectivity index (χ0) is 14.4. The van der Waals surface area contributed by atoms with Gasteiger partial charge >= 0.3 is 0 Å². The van der Waals surface area contributed by atoms with Crippen molar-refractivity contribution in [3.8, 4) is 0 Å². The van der Waals surface area contributed by atoms with Gasteiger partial charge in [-0.25, -0.2) is 9.97 Å². The van der Waals surface area contributed by atoms with Crippen LogP contribution in [0.25, 0.3) is 0 Å². The summed E-state index contributed by atoms with van der Waals surface area (Å²) in [4.78, 5) is 19.4. The number of aromatic nitrogens is 2. The third-order valence-corrected chi connectivity index (χ3v) is 3.41. The lowest BCUT2D eigenvalue weighted by Crippen LogP contribution is -2.02. The van der Waals surface area contributed by atoms with Crippen LogP contribution in [0.2, 0.25) is 0 Å². The van der Waals surface area contributed by atoms with Crippen LogP contribution in [0.15, 0.2) is 46.6 Å². The predicted octanol–water partition coefficient (Wildman–Crippen LogP) is 3.36. The standard InChI is InChI=1S/C13H14N4O2S/c1-2-7-14-12-8-13(16-9-15-12)20-11-5-3-10(4-6-11)17(18)19/h3-6,8-9H,2,7H2,1H3,(H,14,15,16). The maximum Gasteiger partial charge on any atom is 0.269 e. The van der Waals surface area contributed by atoms with E-state index in [0.29, 0.717) is 0 Å². The first-order chi connectivity index (χ1) is 9.69. The summed E-state index contributed by atoms with van der Waals surface area (Å²) < 4.78 is 0. The van der Waals surface area contributed by atoms with Crippen LogP contribution in [-0.4, -0.2) is 21.4 Å². The molecule has 0 saturated heterocycles. The molecule has 0 aliphatic heterocycles. The van der Waals surface area contributed by atoms with Crippen molar-refractivity contribution in [2.45, 2.75) is 23.3 Å². The maximum atomic E-state index is 10.6. The number of nitrogens with zero attached hydrogens (tertiary/aromatic N) is 3. The molecule has 20 heavy (non-hydrogen) atoms. The molecule has 0 spiro atoms. The number of nitro benzene ring substituents is 1. The lowest BCUT2D eigenvalue weighted by molar-refractivity contribution is -0.384. The fraction of sp³-hybridized carbons (Fsp3) is 0.231. The Labute approximate surface area is 120 Å². The van der Waals surface area contributed by atoms with E-state index in [1.807, 2.05) is 6.07 Å². The molecule has 0 atom stereocenters.